The third-order valence-electron chi connectivity index (χ3n) is 0.641. The van der Waals surface area contributed by atoms with E-state index in [2.05, 4.69) is 0 Å². The number of carbonyl (C=O) groups is 1. The van der Waals surface area contributed by atoms with Crippen molar-refractivity contribution in [3.63, 3.8) is 0 Å². The number of halogens is 5. The molecular formula is C3HF5OP. The second-order valence-corrected chi connectivity index (χ2v) is 1.86. The van der Waals surface area contributed by atoms with Crippen LogP contribution in [0.2, 0.25) is 0 Å². The van der Waals surface area contributed by atoms with Gasteiger partial charge in [0.25, 0.3) is 0 Å². The van der Waals surface area contributed by atoms with Gasteiger partial charge in [0.2, 0.25) is 5.52 Å². The van der Waals surface area contributed by atoms with E-state index in [0.29, 0.717) is 0 Å². The molecule has 0 rings (SSSR count). The molecule has 0 bridgehead atoms. The standard InChI is InChI=1S/C3HF5OP/c4-2(5,1(9)10)3(6,7)8/h10H. The average molecular weight is 179 g/mol. The maximum Gasteiger partial charge on any atom is 0.461 e. The van der Waals surface area contributed by atoms with Crippen LogP contribution in [0.1, 0.15) is 0 Å². The van der Waals surface area contributed by atoms with Crippen LogP contribution in [0, 0.1) is 0 Å². The van der Waals surface area contributed by atoms with E-state index >= 15 is 0 Å². The maximum absolute atomic E-state index is 11.5. The Morgan fingerprint density at radius 3 is 1.40 bits per heavy atom. The third kappa shape index (κ3) is 1.62. The minimum Gasteiger partial charge on any atom is -0.287 e. The van der Waals surface area contributed by atoms with Gasteiger partial charge in [-0.15, -0.1) is 0 Å². The lowest BCUT2D eigenvalue weighted by Crippen LogP contribution is -2.41. The van der Waals surface area contributed by atoms with Crippen molar-refractivity contribution in [3.8, 4) is 0 Å². The third-order valence-corrected chi connectivity index (χ3v) is 0.955. The summed E-state index contributed by atoms with van der Waals surface area (Å²) in [6.45, 7) is 0. The molecule has 0 N–H and O–H groups in total. The van der Waals surface area contributed by atoms with E-state index in [1.54, 1.807) is 9.24 Å². The number of hydrogen-bond donors (Lipinski definition) is 0. The number of carbonyl (C=O) groups excluding carboxylic acids is 1. The van der Waals surface area contributed by atoms with Gasteiger partial charge in [0.15, 0.2) is 0 Å². The first-order chi connectivity index (χ1) is 4.19. The smallest absolute Gasteiger partial charge is 0.287 e. The van der Waals surface area contributed by atoms with Gasteiger partial charge in [0, 0.05) is 0 Å². The average Bonchev–Trinajstić information content (AvgIpc) is 1.62. The molecule has 59 valence electrons. The zero-order valence-electron chi connectivity index (χ0n) is 4.30. The quantitative estimate of drug-likeness (QED) is 0.443. The molecule has 0 aliphatic rings. The molecule has 0 aliphatic carbocycles. The Morgan fingerprint density at radius 1 is 1.10 bits per heavy atom. The van der Waals surface area contributed by atoms with Crippen molar-refractivity contribution in [1.29, 1.82) is 0 Å². The van der Waals surface area contributed by atoms with Crippen molar-refractivity contribution in [1.82, 2.24) is 0 Å². The number of hydrogen-bond acceptors (Lipinski definition) is 1. The molecule has 0 amide bonds. The van der Waals surface area contributed by atoms with Gasteiger partial charge in [-0.1, -0.05) is 0 Å². The molecule has 0 atom stereocenters. The Kier molecular flexibility index (Phi) is 2.36. The largest absolute Gasteiger partial charge is 0.461 e. The molecule has 0 heterocycles. The van der Waals surface area contributed by atoms with Gasteiger partial charge in [0.05, 0.1) is 0 Å². The topological polar surface area (TPSA) is 17.1 Å². The zero-order valence-corrected chi connectivity index (χ0v) is 5.30. The second kappa shape index (κ2) is 2.42. The molecule has 7 heteroatoms. The second-order valence-electron chi connectivity index (χ2n) is 1.40. The normalized spacial score (nSPS) is 13.4. The molecule has 10 heavy (non-hydrogen) atoms. The summed E-state index contributed by atoms with van der Waals surface area (Å²) in [7, 11) is 1.57. The van der Waals surface area contributed by atoms with Crippen LogP contribution in [0.4, 0.5) is 22.0 Å². The van der Waals surface area contributed by atoms with Crippen molar-refractivity contribution in [2.45, 2.75) is 12.1 Å². The Balaban J connectivity index is 4.57. The van der Waals surface area contributed by atoms with Crippen LogP contribution in [-0.2, 0) is 4.79 Å². The fourth-order valence-electron chi connectivity index (χ4n) is 0.129. The van der Waals surface area contributed by atoms with Crippen LogP contribution in [-0.4, -0.2) is 17.6 Å². The van der Waals surface area contributed by atoms with Gasteiger partial charge in [-0.05, 0) is 9.24 Å². The minimum atomic E-state index is -5.81. The lowest BCUT2D eigenvalue weighted by Gasteiger charge is -2.14. The van der Waals surface area contributed by atoms with E-state index in [0.717, 1.165) is 0 Å². The molecule has 0 saturated carbocycles. The highest BCUT2D eigenvalue weighted by molar-refractivity contribution is 7.40. The van der Waals surface area contributed by atoms with Crippen molar-refractivity contribution in [3.05, 3.63) is 0 Å². The fourth-order valence-corrected chi connectivity index (χ4v) is 0.270. The summed E-state index contributed by atoms with van der Waals surface area (Å²) in [4.78, 5) is 9.56. The molecular weight excluding hydrogens is 178 g/mol. The van der Waals surface area contributed by atoms with Gasteiger partial charge >= 0.3 is 12.1 Å². The summed E-state index contributed by atoms with van der Waals surface area (Å²) in [6, 6.07) is 0. The van der Waals surface area contributed by atoms with E-state index in [1.165, 1.54) is 0 Å². The maximum atomic E-state index is 11.5. The lowest BCUT2D eigenvalue weighted by molar-refractivity contribution is -0.264. The summed E-state index contributed by atoms with van der Waals surface area (Å²) >= 11 is 0. The van der Waals surface area contributed by atoms with Gasteiger partial charge in [-0.25, -0.2) is 0 Å². The predicted octanol–water partition coefficient (Wildman–Crippen LogP) is 1.85. The number of rotatable bonds is 1. The minimum absolute atomic E-state index is 1.57. The molecule has 0 saturated heterocycles. The predicted molar refractivity (Wildman–Crippen MR) is 24.3 cm³/mol. The van der Waals surface area contributed by atoms with Crippen molar-refractivity contribution >= 4 is 14.8 Å². The highest BCUT2D eigenvalue weighted by atomic mass is 31.0. The molecule has 0 unspecified atom stereocenters. The first kappa shape index (κ1) is 9.75. The van der Waals surface area contributed by atoms with Gasteiger partial charge in [0.1, 0.15) is 0 Å². The highest BCUT2D eigenvalue weighted by Gasteiger charge is 2.61. The molecule has 1 radical (unpaired) electrons. The van der Waals surface area contributed by atoms with Crippen LogP contribution < -0.4 is 0 Å². The summed E-state index contributed by atoms with van der Waals surface area (Å²) < 4.78 is 56.3. The molecule has 0 spiro atoms. The lowest BCUT2D eigenvalue weighted by atomic mass is 10.4. The summed E-state index contributed by atoms with van der Waals surface area (Å²) in [6.07, 6.45) is -5.81. The van der Waals surface area contributed by atoms with E-state index in [-0.39, 0.29) is 0 Å². The molecule has 0 aromatic carbocycles. The molecule has 0 fully saturated rings. The highest BCUT2D eigenvalue weighted by Crippen LogP contribution is 2.37. The fraction of sp³-hybridized carbons (Fsp3) is 0.667. The molecule has 0 aromatic rings. The van der Waals surface area contributed by atoms with Gasteiger partial charge in [-0.3, -0.25) is 4.79 Å². The Bertz CT molecular complexity index is 149. The SMILES string of the molecule is O=C([PH])C(F)(F)C(F)(F)F. The molecule has 0 aromatic heterocycles. The zero-order chi connectivity index (χ0) is 8.58. The van der Waals surface area contributed by atoms with E-state index in [4.69, 9.17) is 0 Å². The van der Waals surface area contributed by atoms with Crippen LogP contribution in [0.15, 0.2) is 0 Å². The summed E-state index contributed by atoms with van der Waals surface area (Å²) in [5.41, 5.74) is -2.39. The van der Waals surface area contributed by atoms with Crippen LogP contribution in [0.5, 0.6) is 0 Å². The van der Waals surface area contributed by atoms with Crippen LogP contribution in [0.3, 0.4) is 0 Å². The summed E-state index contributed by atoms with van der Waals surface area (Å²) in [5.74, 6) is -5.29. The van der Waals surface area contributed by atoms with E-state index in [9.17, 15) is 26.7 Å². The van der Waals surface area contributed by atoms with E-state index < -0.39 is 17.6 Å². The first-order valence-electron chi connectivity index (χ1n) is 1.90. The molecule has 1 nitrogen and oxygen atoms in total. The Morgan fingerprint density at radius 2 is 1.40 bits per heavy atom. The summed E-state index contributed by atoms with van der Waals surface area (Å²) in [5, 5.41) is 0. The van der Waals surface area contributed by atoms with Crippen molar-refractivity contribution in [2.75, 3.05) is 0 Å². The Labute approximate surface area is 54.8 Å². The monoisotopic (exact) mass is 179 g/mol. The first-order valence-corrected chi connectivity index (χ1v) is 2.40. The van der Waals surface area contributed by atoms with E-state index in [1.807, 2.05) is 0 Å². The van der Waals surface area contributed by atoms with Crippen LogP contribution in [0.25, 0.3) is 0 Å². The van der Waals surface area contributed by atoms with Crippen molar-refractivity contribution in [2.24, 2.45) is 0 Å². The number of alkyl halides is 5. The van der Waals surface area contributed by atoms with Gasteiger partial charge in [-0.2, -0.15) is 22.0 Å². The molecule has 0 aliphatic heterocycles. The Hall–Kier alpha value is -0.250. The van der Waals surface area contributed by atoms with Crippen LogP contribution >= 0.6 is 9.24 Å². The van der Waals surface area contributed by atoms with Gasteiger partial charge < -0.3 is 0 Å². The van der Waals surface area contributed by atoms with Crippen molar-refractivity contribution < 1.29 is 26.7 Å².